The predicted octanol–water partition coefficient (Wildman–Crippen LogP) is 0.443. The van der Waals surface area contributed by atoms with Crippen molar-refractivity contribution in [2.75, 3.05) is 13.1 Å². The zero-order valence-electron chi connectivity index (χ0n) is 8.70. The standard InChI is InChI=1S/C9H20N2O2S/c1-8(7-10)3-2-6-11-14(12,13)9-4-5-9/h8-9,11H,2-7,10H2,1H3. The van der Waals surface area contributed by atoms with Gasteiger partial charge in [0.2, 0.25) is 10.0 Å². The van der Waals surface area contributed by atoms with Gasteiger partial charge in [-0.05, 0) is 38.1 Å². The molecule has 0 aromatic rings. The van der Waals surface area contributed by atoms with Crippen molar-refractivity contribution in [3.8, 4) is 0 Å². The first-order valence-corrected chi connectivity index (χ1v) is 6.79. The second-order valence-electron chi connectivity index (χ2n) is 4.12. The highest BCUT2D eigenvalue weighted by Crippen LogP contribution is 2.27. The summed E-state index contributed by atoms with van der Waals surface area (Å²) < 4.78 is 25.4. The number of hydrogen-bond acceptors (Lipinski definition) is 3. The molecular formula is C9H20N2O2S. The summed E-state index contributed by atoms with van der Waals surface area (Å²) in [4.78, 5) is 0. The first-order chi connectivity index (χ1) is 6.56. The third-order valence-electron chi connectivity index (χ3n) is 2.54. The van der Waals surface area contributed by atoms with Gasteiger partial charge in [0, 0.05) is 6.54 Å². The summed E-state index contributed by atoms with van der Waals surface area (Å²) in [6.45, 7) is 3.31. The maximum absolute atomic E-state index is 11.4. The van der Waals surface area contributed by atoms with Gasteiger partial charge in [-0.2, -0.15) is 0 Å². The van der Waals surface area contributed by atoms with Crippen LogP contribution in [0.1, 0.15) is 32.6 Å². The van der Waals surface area contributed by atoms with Crippen LogP contribution in [0.2, 0.25) is 0 Å². The highest BCUT2D eigenvalue weighted by Gasteiger charge is 2.34. The van der Waals surface area contributed by atoms with Gasteiger partial charge < -0.3 is 5.73 Å². The lowest BCUT2D eigenvalue weighted by atomic mass is 10.1. The fourth-order valence-electron chi connectivity index (χ4n) is 1.28. The number of hydrogen-bond donors (Lipinski definition) is 2. The van der Waals surface area contributed by atoms with Crippen molar-refractivity contribution >= 4 is 10.0 Å². The van der Waals surface area contributed by atoms with E-state index in [0.29, 0.717) is 19.0 Å². The molecule has 84 valence electrons. The Morgan fingerprint density at radius 2 is 2.14 bits per heavy atom. The summed E-state index contributed by atoms with van der Waals surface area (Å²) in [6.07, 6.45) is 3.52. The van der Waals surface area contributed by atoms with E-state index in [1.807, 2.05) is 0 Å². The lowest BCUT2D eigenvalue weighted by Gasteiger charge is -2.08. The van der Waals surface area contributed by atoms with Gasteiger partial charge in [0.05, 0.1) is 5.25 Å². The third kappa shape index (κ3) is 3.94. The molecule has 4 nitrogen and oxygen atoms in total. The summed E-state index contributed by atoms with van der Waals surface area (Å²) in [5.41, 5.74) is 5.46. The summed E-state index contributed by atoms with van der Waals surface area (Å²) in [6, 6.07) is 0. The number of nitrogens with one attached hydrogen (secondary N) is 1. The fraction of sp³-hybridized carbons (Fsp3) is 1.00. The molecule has 0 heterocycles. The van der Waals surface area contributed by atoms with E-state index in [-0.39, 0.29) is 5.25 Å². The fourth-order valence-corrected chi connectivity index (χ4v) is 2.70. The average molecular weight is 220 g/mol. The van der Waals surface area contributed by atoms with E-state index in [9.17, 15) is 8.42 Å². The molecule has 3 N–H and O–H groups in total. The molecule has 5 heteroatoms. The van der Waals surface area contributed by atoms with Crippen molar-refractivity contribution in [3.63, 3.8) is 0 Å². The maximum atomic E-state index is 11.4. The predicted molar refractivity (Wildman–Crippen MR) is 57.4 cm³/mol. The first-order valence-electron chi connectivity index (χ1n) is 5.25. The average Bonchev–Trinajstić information content (AvgIpc) is 2.95. The van der Waals surface area contributed by atoms with E-state index in [1.165, 1.54) is 0 Å². The normalized spacial score (nSPS) is 19.6. The lowest BCUT2D eigenvalue weighted by molar-refractivity contribution is 0.513. The summed E-state index contributed by atoms with van der Waals surface area (Å²) >= 11 is 0. The molecule has 14 heavy (non-hydrogen) atoms. The van der Waals surface area contributed by atoms with Crippen molar-refractivity contribution in [1.29, 1.82) is 0 Å². The van der Waals surface area contributed by atoms with Crippen LogP contribution in [0.15, 0.2) is 0 Å². The molecule has 1 unspecified atom stereocenters. The minimum Gasteiger partial charge on any atom is -0.330 e. The van der Waals surface area contributed by atoms with Crippen LogP contribution in [-0.4, -0.2) is 26.8 Å². The Labute approximate surface area is 86.3 Å². The molecule has 0 saturated heterocycles. The van der Waals surface area contributed by atoms with E-state index in [1.54, 1.807) is 0 Å². The molecule has 0 aliphatic heterocycles. The van der Waals surface area contributed by atoms with Gasteiger partial charge in [0.15, 0.2) is 0 Å². The lowest BCUT2D eigenvalue weighted by Crippen LogP contribution is -2.28. The van der Waals surface area contributed by atoms with Crippen molar-refractivity contribution < 1.29 is 8.42 Å². The smallest absolute Gasteiger partial charge is 0.214 e. The number of rotatable bonds is 7. The van der Waals surface area contributed by atoms with Gasteiger partial charge in [-0.15, -0.1) is 0 Å². The monoisotopic (exact) mass is 220 g/mol. The Kier molecular flexibility index (Phi) is 4.34. The van der Waals surface area contributed by atoms with Crippen LogP contribution in [0, 0.1) is 5.92 Å². The Morgan fingerprint density at radius 1 is 1.50 bits per heavy atom. The van der Waals surface area contributed by atoms with Crippen molar-refractivity contribution in [3.05, 3.63) is 0 Å². The Morgan fingerprint density at radius 3 is 2.64 bits per heavy atom. The summed E-state index contributed by atoms with van der Waals surface area (Å²) in [5, 5.41) is -0.102. The largest absolute Gasteiger partial charge is 0.330 e. The quantitative estimate of drug-likeness (QED) is 0.612. The van der Waals surface area contributed by atoms with Crippen LogP contribution >= 0.6 is 0 Å². The minimum absolute atomic E-state index is 0.102. The topological polar surface area (TPSA) is 72.2 Å². The molecule has 0 aromatic carbocycles. The SMILES string of the molecule is CC(CN)CCCNS(=O)(=O)C1CC1. The van der Waals surface area contributed by atoms with E-state index in [0.717, 1.165) is 25.7 Å². The molecule has 1 fully saturated rings. The van der Waals surface area contributed by atoms with E-state index < -0.39 is 10.0 Å². The Balaban J connectivity index is 2.09. The van der Waals surface area contributed by atoms with Crippen LogP contribution < -0.4 is 10.5 Å². The molecule has 1 rings (SSSR count). The molecular weight excluding hydrogens is 200 g/mol. The van der Waals surface area contributed by atoms with Gasteiger partial charge in [0.25, 0.3) is 0 Å². The molecule has 0 radical (unpaired) electrons. The zero-order chi connectivity index (χ0) is 10.6. The van der Waals surface area contributed by atoms with Gasteiger partial charge in [-0.3, -0.25) is 0 Å². The number of sulfonamides is 1. The second kappa shape index (κ2) is 5.09. The highest BCUT2D eigenvalue weighted by atomic mass is 32.2. The summed E-state index contributed by atoms with van der Waals surface area (Å²) in [5.74, 6) is 0.487. The Bertz CT molecular complexity index is 260. The van der Waals surface area contributed by atoms with E-state index in [4.69, 9.17) is 5.73 Å². The number of nitrogens with two attached hydrogens (primary N) is 1. The second-order valence-corrected chi connectivity index (χ2v) is 6.17. The van der Waals surface area contributed by atoms with E-state index >= 15 is 0 Å². The van der Waals surface area contributed by atoms with Crippen molar-refractivity contribution in [2.24, 2.45) is 11.7 Å². The maximum Gasteiger partial charge on any atom is 0.214 e. The van der Waals surface area contributed by atoms with Gasteiger partial charge in [-0.25, -0.2) is 13.1 Å². The molecule has 1 atom stereocenters. The van der Waals surface area contributed by atoms with Crippen LogP contribution in [0.5, 0.6) is 0 Å². The molecule has 0 bridgehead atoms. The first kappa shape index (κ1) is 11.9. The van der Waals surface area contributed by atoms with Crippen LogP contribution in [0.4, 0.5) is 0 Å². The minimum atomic E-state index is -2.97. The van der Waals surface area contributed by atoms with Crippen molar-refractivity contribution in [1.82, 2.24) is 4.72 Å². The molecule has 0 amide bonds. The van der Waals surface area contributed by atoms with E-state index in [2.05, 4.69) is 11.6 Å². The molecule has 0 aromatic heterocycles. The third-order valence-corrected chi connectivity index (χ3v) is 4.50. The molecule has 1 aliphatic carbocycles. The van der Waals surface area contributed by atoms with Gasteiger partial charge in [-0.1, -0.05) is 6.92 Å². The summed E-state index contributed by atoms with van der Waals surface area (Å²) in [7, 11) is -2.97. The molecule has 1 aliphatic rings. The zero-order valence-corrected chi connectivity index (χ0v) is 9.52. The molecule has 1 saturated carbocycles. The van der Waals surface area contributed by atoms with Crippen molar-refractivity contribution in [2.45, 2.75) is 37.9 Å². The van der Waals surface area contributed by atoms with Gasteiger partial charge >= 0.3 is 0 Å². The van der Waals surface area contributed by atoms with Crippen LogP contribution in [0.25, 0.3) is 0 Å². The van der Waals surface area contributed by atoms with Gasteiger partial charge in [0.1, 0.15) is 0 Å². The highest BCUT2D eigenvalue weighted by molar-refractivity contribution is 7.90. The van der Waals surface area contributed by atoms with Crippen LogP contribution in [-0.2, 0) is 10.0 Å². The molecule has 0 spiro atoms. The van der Waals surface area contributed by atoms with Crippen LogP contribution in [0.3, 0.4) is 0 Å². The Hall–Kier alpha value is -0.130.